The number of carbonyl (C=O) groups excluding carboxylic acids is 1. The molecule has 4 rings (SSSR count). The fourth-order valence-corrected chi connectivity index (χ4v) is 3.01. The van der Waals surface area contributed by atoms with Crippen molar-refractivity contribution >= 4 is 23.1 Å². The van der Waals surface area contributed by atoms with Crippen LogP contribution in [0.1, 0.15) is 10.4 Å². The molecule has 0 spiro atoms. The number of aliphatic imine (C=N–C) groups is 1. The van der Waals surface area contributed by atoms with Gasteiger partial charge < -0.3 is 20.0 Å². The topological polar surface area (TPSA) is 76.4 Å². The third-order valence-corrected chi connectivity index (χ3v) is 4.12. The van der Waals surface area contributed by atoms with Crippen LogP contribution in [0.4, 0.5) is 11.4 Å². The highest BCUT2D eigenvalue weighted by molar-refractivity contribution is 6.19. The van der Waals surface area contributed by atoms with Crippen LogP contribution in [-0.4, -0.2) is 41.6 Å². The summed E-state index contributed by atoms with van der Waals surface area (Å²) in [6.45, 7) is 1.67. The van der Waals surface area contributed by atoms with Gasteiger partial charge in [0.15, 0.2) is 17.3 Å². The molecule has 2 N–H and O–H groups in total. The van der Waals surface area contributed by atoms with Crippen molar-refractivity contribution in [3.63, 3.8) is 0 Å². The molecule has 0 amide bonds. The Kier molecular flexibility index (Phi) is 2.97. The minimum atomic E-state index is -0.294. The number of hydrogen-bond acceptors (Lipinski definition) is 6. The van der Waals surface area contributed by atoms with Crippen LogP contribution in [0.3, 0.4) is 0 Å². The van der Waals surface area contributed by atoms with Crippen molar-refractivity contribution < 1.29 is 15.0 Å². The smallest absolute Gasteiger partial charge is 0.206 e. The number of hydrogen-bond donors (Lipinski definition) is 2. The minimum absolute atomic E-state index is 0.135. The first-order valence-electron chi connectivity index (χ1n) is 7.39. The molecule has 0 atom stereocenters. The van der Waals surface area contributed by atoms with Crippen LogP contribution >= 0.6 is 0 Å². The summed E-state index contributed by atoms with van der Waals surface area (Å²) < 4.78 is 0. The lowest BCUT2D eigenvalue weighted by molar-refractivity contribution is 0.100. The Balaban J connectivity index is 1.65. The third kappa shape index (κ3) is 2.11. The van der Waals surface area contributed by atoms with Crippen molar-refractivity contribution in [2.24, 2.45) is 4.99 Å². The van der Waals surface area contributed by atoms with E-state index in [0.29, 0.717) is 12.1 Å². The van der Waals surface area contributed by atoms with Gasteiger partial charge in [0, 0.05) is 12.1 Å². The summed E-state index contributed by atoms with van der Waals surface area (Å²) in [5, 5.41) is 18.9. The molecular weight excluding hydrogens is 294 g/mol. The van der Waals surface area contributed by atoms with Crippen LogP contribution in [0.25, 0.3) is 0 Å². The molecule has 0 bridgehead atoms. The van der Waals surface area contributed by atoms with E-state index < -0.39 is 0 Å². The summed E-state index contributed by atoms with van der Waals surface area (Å²) >= 11 is 0. The molecule has 0 radical (unpaired) electrons. The van der Waals surface area contributed by atoms with Gasteiger partial charge in [0.2, 0.25) is 5.96 Å². The van der Waals surface area contributed by atoms with Gasteiger partial charge in [-0.25, -0.2) is 0 Å². The van der Waals surface area contributed by atoms with Crippen LogP contribution in [-0.2, 0) is 0 Å². The van der Waals surface area contributed by atoms with Crippen LogP contribution in [0.5, 0.6) is 11.5 Å². The maximum Gasteiger partial charge on any atom is 0.206 e. The molecule has 0 aliphatic carbocycles. The van der Waals surface area contributed by atoms with Crippen molar-refractivity contribution in [2.45, 2.75) is 0 Å². The van der Waals surface area contributed by atoms with Gasteiger partial charge in [0.25, 0.3) is 0 Å². The van der Waals surface area contributed by atoms with Gasteiger partial charge >= 0.3 is 0 Å². The number of phenolic OH excluding ortho intramolecular Hbond substituents is 2. The Morgan fingerprint density at radius 3 is 2.65 bits per heavy atom. The highest BCUT2D eigenvalue weighted by Gasteiger charge is 2.35. The Morgan fingerprint density at radius 2 is 1.87 bits per heavy atom. The lowest BCUT2D eigenvalue weighted by Gasteiger charge is -2.18. The largest absolute Gasteiger partial charge is 0.504 e. The monoisotopic (exact) mass is 309 g/mol. The molecule has 116 valence electrons. The van der Waals surface area contributed by atoms with Crippen LogP contribution in [0.15, 0.2) is 47.5 Å². The number of ketones is 1. The van der Waals surface area contributed by atoms with Gasteiger partial charge in [-0.05, 0) is 30.3 Å². The predicted octanol–water partition coefficient (Wildman–Crippen LogP) is 1.98. The third-order valence-electron chi connectivity index (χ3n) is 4.12. The van der Waals surface area contributed by atoms with E-state index in [1.165, 1.54) is 18.2 Å². The molecule has 2 aromatic rings. The molecule has 0 saturated carbocycles. The van der Waals surface area contributed by atoms with Gasteiger partial charge in [0.05, 0.1) is 24.5 Å². The van der Waals surface area contributed by atoms with Crippen molar-refractivity contribution in [2.75, 3.05) is 29.4 Å². The Labute approximate surface area is 132 Å². The first-order valence-corrected chi connectivity index (χ1v) is 7.39. The zero-order chi connectivity index (χ0) is 16.0. The summed E-state index contributed by atoms with van der Waals surface area (Å²) in [4.78, 5) is 21.1. The van der Waals surface area contributed by atoms with E-state index in [1.807, 2.05) is 29.2 Å². The molecule has 2 aromatic carbocycles. The number of rotatable bonds is 3. The summed E-state index contributed by atoms with van der Waals surface area (Å²) in [5.74, 6) is 0.117. The summed E-state index contributed by atoms with van der Waals surface area (Å²) in [6.07, 6.45) is 0. The van der Waals surface area contributed by atoms with E-state index in [1.54, 1.807) is 0 Å². The second-order valence-corrected chi connectivity index (χ2v) is 5.53. The molecule has 0 unspecified atom stereocenters. The quantitative estimate of drug-likeness (QED) is 0.670. The number of anilines is 2. The van der Waals surface area contributed by atoms with Gasteiger partial charge in [-0.2, -0.15) is 0 Å². The Morgan fingerprint density at radius 1 is 1.09 bits per heavy atom. The lowest BCUT2D eigenvalue weighted by atomic mass is 10.1. The van der Waals surface area contributed by atoms with Crippen molar-refractivity contribution in [3.05, 3.63) is 48.0 Å². The van der Waals surface area contributed by atoms with Crippen molar-refractivity contribution in [3.8, 4) is 11.5 Å². The SMILES string of the molecule is O=C(CN1C2=NCCN2c2ccccc21)c1ccc(O)c(O)c1. The van der Waals surface area contributed by atoms with Gasteiger partial charge in [-0.3, -0.25) is 9.79 Å². The number of aromatic hydroxyl groups is 2. The molecule has 6 heteroatoms. The van der Waals surface area contributed by atoms with E-state index in [0.717, 1.165) is 23.9 Å². The molecular formula is C17H15N3O3. The molecule has 0 fully saturated rings. The summed E-state index contributed by atoms with van der Waals surface area (Å²) in [5.41, 5.74) is 2.38. The standard InChI is InChI=1S/C17H15N3O3/c21-14-6-5-11(9-15(14)22)16(23)10-20-13-4-2-1-3-12(13)19-8-7-18-17(19)20/h1-6,9,21-22H,7-8,10H2. The second kappa shape index (κ2) is 5.01. The Bertz CT molecular complexity index is 832. The zero-order valence-corrected chi connectivity index (χ0v) is 12.3. The average Bonchev–Trinajstić information content (AvgIpc) is 3.13. The number of benzene rings is 2. The number of fused-ring (bicyclic) bond motifs is 3. The van der Waals surface area contributed by atoms with Crippen molar-refractivity contribution in [1.82, 2.24) is 0 Å². The maximum atomic E-state index is 12.6. The average molecular weight is 309 g/mol. The maximum absolute atomic E-state index is 12.6. The second-order valence-electron chi connectivity index (χ2n) is 5.53. The molecule has 2 aliphatic heterocycles. The van der Waals surface area contributed by atoms with Crippen molar-refractivity contribution in [1.29, 1.82) is 0 Å². The number of para-hydroxylation sites is 2. The minimum Gasteiger partial charge on any atom is -0.504 e. The fourth-order valence-electron chi connectivity index (χ4n) is 3.01. The van der Waals surface area contributed by atoms with Crippen LogP contribution in [0.2, 0.25) is 0 Å². The van der Waals surface area contributed by atoms with Gasteiger partial charge in [0.1, 0.15) is 0 Å². The Hall–Kier alpha value is -3.02. The molecule has 2 heterocycles. The van der Waals surface area contributed by atoms with E-state index in [-0.39, 0.29) is 23.8 Å². The van der Waals surface area contributed by atoms with E-state index in [2.05, 4.69) is 9.89 Å². The summed E-state index contributed by atoms with van der Waals surface area (Å²) in [6, 6.07) is 12.0. The lowest BCUT2D eigenvalue weighted by Crippen LogP contribution is -2.38. The molecule has 2 aliphatic rings. The summed E-state index contributed by atoms with van der Waals surface area (Å²) in [7, 11) is 0. The van der Waals surface area contributed by atoms with Gasteiger partial charge in [-0.15, -0.1) is 0 Å². The fraction of sp³-hybridized carbons (Fsp3) is 0.176. The predicted molar refractivity (Wildman–Crippen MR) is 87.5 cm³/mol. The normalized spacial score (nSPS) is 15.4. The first-order chi connectivity index (χ1) is 11.1. The molecule has 23 heavy (non-hydrogen) atoms. The molecule has 0 aromatic heterocycles. The number of nitrogens with zero attached hydrogens (tertiary/aromatic N) is 3. The first kappa shape index (κ1) is 13.6. The number of guanidine groups is 1. The van der Waals surface area contributed by atoms with Crippen LogP contribution < -0.4 is 9.80 Å². The molecule has 0 saturated heterocycles. The highest BCUT2D eigenvalue weighted by Crippen LogP contribution is 2.38. The highest BCUT2D eigenvalue weighted by atomic mass is 16.3. The van der Waals surface area contributed by atoms with E-state index >= 15 is 0 Å². The number of carbonyl (C=O) groups is 1. The van der Waals surface area contributed by atoms with E-state index in [4.69, 9.17) is 0 Å². The molecule has 6 nitrogen and oxygen atoms in total. The number of Topliss-reactive ketones (excluding diaryl/α,β-unsaturated/α-hetero) is 1. The van der Waals surface area contributed by atoms with E-state index in [9.17, 15) is 15.0 Å². The van der Waals surface area contributed by atoms with Crippen LogP contribution in [0, 0.1) is 0 Å². The van der Waals surface area contributed by atoms with Gasteiger partial charge in [-0.1, -0.05) is 12.1 Å². The number of phenols is 2. The zero-order valence-electron chi connectivity index (χ0n) is 12.3.